The Hall–Kier alpha value is -1.67. The van der Waals surface area contributed by atoms with Gasteiger partial charge < -0.3 is 15.0 Å². The summed E-state index contributed by atoms with van der Waals surface area (Å²) < 4.78 is 26.8. The second-order valence-electron chi connectivity index (χ2n) is 5.46. The number of aliphatic hydroxyl groups is 1. The average molecular weight is 343 g/mol. The van der Waals surface area contributed by atoms with E-state index in [0.717, 1.165) is 0 Å². The van der Waals surface area contributed by atoms with E-state index < -0.39 is 11.9 Å². The number of thioether (sulfide) groups is 1. The third-order valence-corrected chi connectivity index (χ3v) is 4.09. The predicted octanol–water partition coefficient (Wildman–Crippen LogP) is 2.48. The Kier molecular flexibility index (Phi) is 5.95. The zero-order chi connectivity index (χ0) is 17.0. The zero-order valence-corrected chi connectivity index (χ0v) is 13.7. The van der Waals surface area contributed by atoms with E-state index in [-0.39, 0.29) is 30.1 Å². The van der Waals surface area contributed by atoms with Gasteiger partial charge in [0.1, 0.15) is 6.54 Å². The van der Waals surface area contributed by atoms with Crippen LogP contribution in [-0.4, -0.2) is 39.0 Å². The van der Waals surface area contributed by atoms with E-state index in [0.29, 0.717) is 22.8 Å². The summed E-state index contributed by atoms with van der Waals surface area (Å²) in [5, 5.41) is 12.4. The molecule has 0 saturated carbocycles. The van der Waals surface area contributed by atoms with Crippen LogP contribution in [0.25, 0.3) is 11.0 Å². The van der Waals surface area contributed by atoms with Crippen molar-refractivity contribution >= 4 is 28.7 Å². The standard InChI is InChI=1S/C15H19F2N3O2S/c1-9(2)12(21)7-18-13(22)8-20-11-6-4-3-5-10(11)19-15(20)23-14(16)17/h3-6,9,12,14,21H,7-8H2,1-2H3,(H,18,22). The number of carbonyl (C=O) groups is 1. The van der Waals surface area contributed by atoms with Gasteiger partial charge in [-0.25, -0.2) is 4.98 Å². The van der Waals surface area contributed by atoms with Crippen molar-refractivity contribution in [2.24, 2.45) is 5.92 Å². The Morgan fingerprint density at radius 2 is 2.09 bits per heavy atom. The minimum atomic E-state index is -2.61. The molecule has 2 aromatic rings. The van der Waals surface area contributed by atoms with Gasteiger partial charge in [-0.3, -0.25) is 4.79 Å². The lowest BCUT2D eigenvalue weighted by Gasteiger charge is -2.15. The molecule has 0 aliphatic carbocycles. The molecule has 0 aliphatic heterocycles. The lowest BCUT2D eigenvalue weighted by atomic mass is 10.1. The Labute approximate surface area is 137 Å². The van der Waals surface area contributed by atoms with Gasteiger partial charge in [-0.15, -0.1) is 0 Å². The molecule has 2 N–H and O–H groups in total. The molecule has 0 bridgehead atoms. The maximum absolute atomic E-state index is 12.7. The van der Waals surface area contributed by atoms with Crippen LogP contribution < -0.4 is 5.32 Å². The van der Waals surface area contributed by atoms with Crippen molar-refractivity contribution in [3.63, 3.8) is 0 Å². The van der Waals surface area contributed by atoms with Gasteiger partial charge in [-0.1, -0.05) is 26.0 Å². The number of hydrogen-bond acceptors (Lipinski definition) is 4. The van der Waals surface area contributed by atoms with Gasteiger partial charge in [0, 0.05) is 6.54 Å². The molecule has 5 nitrogen and oxygen atoms in total. The fourth-order valence-electron chi connectivity index (χ4n) is 2.03. The Balaban J connectivity index is 2.15. The minimum Gasteiger partial charge on any atom is -0.391 e. The van der Waals surface area contributed by atoms with Gasteiger partial charge in [0.25, 0.3) is 5.76 Å². The fraction of sp³-hybridized carbons (Fsp3) is 0.467. The number of nitrogens with one attached hydrogen (secondary N) is 1. The van der Waals surface area contributed by atoms with Crippen molar-refractivity contribution in [1.82, 2.24) is 14.9 Å². The number of fused-ring (bicyclic) bond motifs is 1. The maximum atomic E-state index is 12.7. The molecular formula is C15H19F2N3O2S. The van der Waals surface area contributed by atoms with E-state index in [2.05, 4.69) is 10.3 Å². The van der Waals surface area contributed by atoms with Crippen molar-refractivity contribution in [1.29, 1.82) is 0 Å². The number of benzene rings is 1. The van der Waals surface area contributed by atoms with Crippen molar-refractivity contribution in [2.45, 2.75) is 37.4 Å². The van der Waals surface area contributed by atoms with Crippen LogP contribution in [-0.2, 0) is 11.3 Å². The number of nitrogens with zero attached hydrogens (tertiary/aromatic N) is 2. The van der Waals surface area contributed by atoms with E-state index in [1.807, 2.05) is 13.8 Å². The number of halogens is 2. The summed E-state index contributed by atoms with van der Waals surface area (Å²) in [5.41, 5.74) is 1.18. The van der Waals surface area contributed by atoms with Crippen LogP contribution in [0.5, 0.6) is 0 Å². The molecular weight excluding hydrogens is 324 g/mol. The van der Waals surface area contributed by atoms with Gasteiger partial charge in [-0.2, -0.15) is 8.78 Å². The topological polar surface area (TPSA) is 67.2 Å². The maximum Gasteiger partial charge on any atom is 0.291 e. The number of aliphatic hydroxyl groups excluding tert-OH is 1. The molecule has 8 heteroatoms. The highest BCUT2D eigenvalue weighted by Crippen LogP contribution is 2.28. The third kappa shape index (κ3) is 4.65. The highest BCUT2D eigenvalue weighted by Gasteiger charge is 2.18. The van der Waals surface area contributed by atoms with Crippen LogP contribution in [0, 0.1) is 5.92 Å². The van der Waals surface area contributed by atoms with Crippen molar-refractivity contribution in [2.75, 3.05) is 6.54 Å². The molecule has 0 radical (unpaired) electrons. The molecule has 126 valence electrons. The van der Waals surface area contributed by atoms with E-state index in [1.165, 1.54) is 4.57 Å². The number of imidazole rings is 1. The van der Waals surface area contributed by atoms with E-state index in [4.69, 9.17) is 0 Å². The fourth-order valence-corrected chi connectivity index (χ4v) is 2.63. The van der Waals surface area contributed by atoms with Crippen LogP contribution in [0.4, 0.5) is 8.78 Å². The minimum absolute atomic E-state index is 0.0225. The van der Waals surface area contributed by atoms with Crippen molar-refractivity contribution in [3.8, 4) is 0 Å². The van der Waals surface area contributed by atoms with Crippen LogP contribution in [0.1, 0.15) is 13.8 Å². The second kappa shape index (κ2) is 7.74. The van der Waals surface area contributed by atoms with Gasteiger partial charge >= 0.3 is 0 Å². The smallest absolute Gasteiger partial charge is 0.291 e. The zero-order valence-electron chi connectivity index (χ0n) is 12.9. The first-order valence-corrected chi connectivity index (χ1v) is 8.11. The Morgan fingerprint density at radius 1 is 1.39 bits per heavy atom. The largest absolute Gasteiger partial charge is 0.391 e. The quantitative estimate of drug-likeness (QED) is 0.758. The number of hydrogen-bond donors (Lipinski definition) is 2. The summed E-state index contributed by atoms with van der Waals surface area (Å²) >= 11 is 0.311. The first-order chi connectivity index (χ1) is 10.9. The molecule has 1 atom stereocenters. The number of rotatable bonds is 7. The first-order valence-electron chi connectivity index (χ1n) is 7.23. The highest BCUT2D eigenvalue weighted by atomic mass is 32.2. The number of alkyl halides is 2. The van der Waals surface area contributed by atoms with Gasteiger partial charge in [0.15, 0.2) is 5.16 Å². The summed E-state index contributed by atoms with van der Waals surface area (Å²) in [5.74, 6) is -2.95. The lowest BCUT2D eigenvalue weighted by molar-refractivity contribution is -0.122. The van der Waals surface area contributed by atoms with Crippen molar-refractivity contribution < 1.29 is 18.7 Å². The van der Waals surface area contributed by atoms with Crippen LogP contribution in [0.2, 0.25) is 0 Å². The summed E-state index contributed by atoms with van der Waals surface area (Å²) in [4.78, 5) is 16.2. The summed E-state index contributed by atoms with van der Waals surface area (Å²) in [6.07, 6.45) is -0.645. The average Bonchev–Trinajstić information content (AvgIpc) is 2.81. The lowest BCUT2D eigenvalue weighted by Crippen LogP contribution is -2.36. The summed E-state index contributed by atoms with van der Waals surface area (Å²) in [6, 6.07) is 6.96. The normalized spacial score (nSPS) is 13.0. The Bertz CT molecular complexity index is 676. The highest BCUT2D eigenvalue weighted by molar-refractivity contribution is 7.99. The summed E-state index contributed by atoms with van der Waals surface area (Å²) in [7, 11) is 0. The molecule has 0 fully saturated rings. The summed E-state index contributed by atoms with van der Waals surface area (Å²) in [6.45, 7) is 3.69. The SMILES string of the molecule is CC(C)C(O)CNC(=O)Cn1c(SC(F)F)nc2ccccc21. The van der Waals surface area contributed by atoms with Crippen LogP contribution >= 0.6 is 11.8 Å². The van der Waals surface area contributed by atoms with Crippen molar-refractivity contribution in [3.05, 3.63) is 24.3 Å². The monoisotopic (exact) mass is 343 g/mol. The third-order valence-electron chi connectivity index (χ3n) is 3.39. The number of aromatic nitrogens is 2. The van der Waals surface area contributed by atoms with Gasteiger partial charge in [0.05, 0.1) is 17.1 Å². The molecule has 0 aliphatic rings. The van der Waals surface area contributed by atoms with E-state index in [9.17, 15) is 18.7 Å². The molecule has 1 aromatic heterocycles. The van der Waals surface area contributed by atoms with Crippen LogP contribution in [0.15, 0.2) is 29.4 Å². The number of amides is 1. The van der Waals surface area contributed by atoms with Gasteiger partial charge in [-0.05, 0) is 29.8 Å². The number of para-hydroxylation sites is 2. The number of carbonyl (C=O) groups excluding carboxylic acids is 1. The molecule has 23 heavy (non-hydrogen) atoms. The molecule has 1 aromatic carbocycles. The Morgan fingerprint density at radius 3 is 2.74 bits per heavy atom. The predicted molar refractivity (Wildman–Crippen MR) is 85.4 cm³/mol. The van der Waals surface area contributed by atoms with Crippen LogP contribution in [0.3, 0.4) is 0 Å². The molecule has 2 rings (SSSR count). The first kappa shape index (κ1) is 17.7. The van der Waals surface area contributed by atoms with E-state index in [1.54, 1.807) is 24.3 Å². The van der Waals surface area contributed by atoms with E-state index >= 15 is 0 Å². The molecule has 0 spiro atoms. The molecule has 1 amide bonds. The second-order valence-corrected chi connectivity index (χ2v) is 6.42. The molecule has 0 saturated heterocycles. The molecule has 1 heterocycles. The molecule has 1 unspecified atom stereocenters. The van der Waals surface area contributed by atoms with Gasteiger partial charge in [0.2, 0.25) is 5.91 Å².